The maximum atomic E-state index is 11.7. The van der Waals surface area contributed by atoms with Crippen molar-refractivity contribution in [2.75, 3.05) is 32.2 Å². The topological polar surface area (TPSA) is 112 Å². The second kappa shape index (κ2) is 8.92. The molecular formula is C15H23IN4O3. The number of nitrogens with two attached hydrogens (primary N) is 2. The van der Waals surface area contributed by atoms with Crippen LogP contribution in [0.1, 0.15) is 12.8 Å². The van der Waals surface area contributed by atoms with Crippen LogP contribution in [-0.2, 0) is 9.53 Å². The number of nitrogens with one attached hydrogen (secondary N) is 1. The van der Waals surface area contributed by atoms with Gasteiger partial charge in [0.2, 0.25) is 5.91 Å². The highest BCUT2D eigenvalue weighted by Gasteiger charge is 2.38. The number of primary amides is 1. The molecule has 0 aromatic heterocycles. The van der Waals surface area contributed by atoms with E-state index in [1.165, 1.54) is 0 Å². The number of halogens is 1. The lowest BCUT2D eigenvalue weighted by molar-refractivity contribution is -0.132. The van der Waals surface area contributed by atoms with Gasteiger partial charge in [0, 0.05) is 18.9 Å². The highest BCUT2D eigenvalue weighted by atomic mass is 127. The van der Waals surface area contributed by atoms with Gasteiger partial charge in [-0.3, -0.25) is 9.79 Å². The first-order valence-electron chi connectivity index (χ1n) is 7.14. The van der Waals surface area contributed by atoms with E-state index in [-0.39, 0.29) is 42.4 Å². The van der Waals surface area contributed by atoms with Gasteiger partial charge in [0.1, 0.15) is 5.75 Å². The summed E-state index contributed by atoms with van der Waals surface area (Å²) in [4.78, 5) is 16.0. The van der Waals surface area contributed by atoms with Crippen LogP contribution in [0.5, 0.6) is 5.75 Å². The van der Waals surface area contributed by atoms with Crippen molar-refractivity contribution in [2.24, 2.45) is 21.9 Å². The van der Waals surface area contributed by atoms with Crippen LogP contribution in [0.4, 0.5) is 5.69 Å². The second-order valence-electron chi connectivity index (χ2n) is 5.31. The predicted octanol–water partition coefficient (Wildman–Crippen LogP) is 1.32. The molecule has 1 fully saturated rings. The predicted molar refractivity (Wildman–Crippen MR) is 100 cm³/mol. The minimum absolute atomic E-state index is 0. The van der Waals surface area contributed by atoms with E-state index in [1.807, 2.05) is 24.3 Å². The van der Waals surface area contributed by atoms with Crippen molar-refractivity contribution in [3.63, 3.8) is 0 Å². The summed E-state index contributed by atoms with van der Waals surface area (Å²) >= 11 is 0. The molecule has 1 aromatic carbocycles. The van der Waals surface area contributed by atoms with Gasteiger partial charge in [0.25, 0.3) is 0 Å². The zero-order valence-corrected chi connectivity index (χ0v) is 15.4. The fraction of sp³-hybridized carbons (Fsp3) is 0.467. The zero-order valence-electron chi connectivity index (χ0n) is 13.1. The molecule has 1 aliphatic heterocycles. The molecule has 2 rings (SSSR count). The van der Waals surface area contributed by atoms with E-state index in [0.29, 0.717) is 26.1 Å². The van der Waals surface area contributed by atoms with Crippen LogP contribution in [0.25, 0.3) is 0 Å². The summed E-state index contributed by atoms with van der Waals surface area (Å²) in [5.41, 5.74) is 11.5. The Labute approximate surface area is 152 Å². The molecule has 0 saturated carbocycles. The van der Waals surface area contributed by atoms with Gasteiger partial charge in [-0.05, 0) is 37.1 Å². The Morgan fingerprint density at radius 3 is 2.43 bits per heavy atom. The van der Waals surface area contributed by atoms with Crippen LogP contribution in [0.3, 0.4) is 0 Å². The van der Waals surface area contributed by atoms with Crippen molar-refractivity contribution >= 4 is 41.5 Å². The number of amides is 1. The summed E-state index contributed by atoms with van der Waals surface area (Å²) in [7, 11) is 1.61. The number of rotatable bonds is 5. The number of methoxy groups -OCH3 is 1. The number of hydrogen-bond acceptors (Lipinski definition) is 4. The standard InChI is InChI=1S/C15H22N4O3.HI/c1-21-12-4-2-11(3-5-12)19-14(17)18-10-15(13(16)20)6-8-22-9-7-15;/h2-5H,6-10H2,1H3,(H2,16,20)(H3,17,18,19);1H. The van der Waals surface area contributed by atoms with Gasteiger partial charge in [0.15, 0.2) is 5.96 Å². The molecule has 1 aliphatic rings. The van der Waals surface area contributed by atoms with Crippen molar-refractivity contribution < 1.29 is 14.3 Å². The van der Waals surface area contributed by atoms with Crippen LogP contribution in [0, 0.1) is 5.41 Å². The number of carbonyl (C=O) groups excluding carboxylic acids is 1. The van der Waals surface area contributed by atoms with E-state index < -0.39 is 5.41 Å². The Kier molecular flexibility index (Phi) is 7.56. The van der Waals surface area contributed by atoms with Crippen LogP contribution in [0.2, 0.25) is 0 Å². The van der Waals surface area contributed by atoms with Crippen molar-refractivity contribution in [2.45, 2.75) is 12.8 Å². The molecule has 0 aliphatic carbocycles. The fourth-order valence-electron chi connectivity index (χ4n) is 2.34. The normalized spacial score (nSPS) is 17.0. The highest BCUT2D eigenvalue weighted by molar-refractivity contribution is 14.0. The first-order chi connectivity index (χ1) is 10.6. The maximum Gasteiger partial charge on any atom is 0.225 e. The summed E-state index contributed by atoms with van der Waals surface area (Å²) in [6.07, 6.45) is 1.14. The van der Waals surface area contributed by atoms with Crippen LogP contribution < -0.4 is 21.5 Å². The van der Waals surface area contributed by atoms with E-state index in [1.54, 1.807) is 7.11 Å². The third-order valence-electron chi connectivity index (χ3n) is 3.89. The largest absolute Gasteiger partial charge is 0.497 e. The molecule has 1 heterocycles. The number of nitrogens with zero attached hydrogens (tertiary/aromatic N) is 1. The Balaban J connectivity index is 0.00000264. The molecule has 1 saturated heterocycles. The number of anilines is 1. The number of aliphatic imine (C=N–C) groups is 1. The first kappa shape index (κ1) is 19.5. The molecule has 1 aromatic rings. The molecule has 23 heavy (non-hydrogen) atoms. The van der Waals surface area contributed by atoms with Gasteiger partial charge in [0.05, 0.1) is 19.1 Å². The molecule has 7 nitrogen and oxygen atoms in total. The van der Waals surface area contributed by atoms with E-state index in [9.17, 15) is 4.79 Å². The van der Waals surface area contributed by atoms with Gasteiger partial charge in [-0.1, -0.05) is 0 Å². The number of benzene rings is 1. The third-order valence-corrected chi connectivity index (χ3v) is 3.89. The van der Waals surface area contributed by atoms with E-state index >= 15 is 0 Å². The fourth-order valence-corrected chi connectivity index (χ4v) is 2.34. The minimum Gasteiger partial charge on any atom is -0.497 e. The van der Waals surface area contributed by atoms with Gasteiger partial charge >= 0.3 is 0 Å². The van der Waals surface area contributed by atoms with Crippen LogP contribution in [0.15, 0.2) is 29.3 Å². The molecule has 0 bridgehead atoms. The summed E-state index contributed by atoms with van der Waals surface area (Å²) < 4.78 is 10.4. The van der Waals surface area contributed by atoms with Crippen molar-refractivity contribution in [3.8, 4) is 5.75 Å². The third kappa shape index (κ3) is 5.24. The minimum atomic E-state index is -0.662. The van der Waals surface area contributed by atoms with Gasteiger partial charge in [-0.15, -0.1) is 24.0 Å². The van der Waals surface area contributed by atoms with E-state index in [0.717, 1.165) is 11.4 Å². The first-order valence-corrected chi connectivity index (χ1v) is 7.14. The summed E-state index contributed by atoms with van der Waals surface area (Å²) in [6.45, 7) is 1.30. The lowest BCUT2D eigenvalue weighted by Gasteiger charge is -2.32. The van der Waals surface area contributed by atoms with Crippen molar-refractivity contribution in [1.82, 2.24) is 0 Å². The van der Waals surface area contributed by atoms with Gasteiger partial charge < -0.3 is 26.3 Å². The van der Waals surface area contributed by atoms with Crippen molar-refractivity contribution in [3.05, 3.63) is 24.3 Å². The molecule has 128 valence electrons. The number of guanidine groups is 1. The number of carbonyl (C=O) groups is 1. The smallest absolute Gasteiger partial charge is 0.225 e. The summed E-state index contributed by atoms with van der Waals surface area (Å²) in [5, 5.41) is 2.98. The lowest BCUT2D eigenvalue weighted by atomic mass is 9.79. The second-order valence-corrected chi connectivity index (χ2v) is 5.31. The monoisotopic (exact) mass is 434 g/mol. The van der Waals surface area contributed by atoms with Crippen LogP contribution >= 0.6 is 24.0 Å². The SMILES string of the molecule is COc1ccc(NC(N)=NCC2(C(N)=O)CCOCC2)cc1.I. The Hall–Kier alpha value is -1.55. The highest BCUT2D eigenvalue weighted by Crippen LogP contribution is 2.30. The molecule has 0 unspecified atom stereocenters. The number of ether oxygens (including phenoxy) is 2. The molecule has 0 atom stereocenters. The average molecular weight is 434 g/mol. The van der Waals surface area contributed by atoms with Gasteiger partial charge in [-0.25, -0.2) is 0 Å². The summed E-state index contributed by atoms with van der Waals surface area (Å²) in [5.74, 6) is 0.657. The molecule has 0 spiro atoms. The molecule has 8 heteroatoms. The van der Waals surface area contributed by atoms with Crippen molar-refractivity contribution in [1.29, 1.82) is 0 Å². The summed E-state index contributed by atoms with van der Waals surface area (Å²) in [6, 6.07) is 7.30. The molecular weight excluding hydrogens is 411 g/mol. The molecule has 1 amide bonds. The zero-order chi connectivity index (χ0) is 16.0. The Morgan fingerprint density at radius 1 is 1.30 bits per heavy atom. The van der Waals surface area contributed by atoms with E-state index in [4.69, 9.17) is 20.9 Å². The Bertz CT molecular complexity index is 542. The maximum absolute atomic E-state index is 11.7. The lowest BCUT2D eigenvalue weighted by Crippen LogP contribution is -2.44. The molecule has 5 N–H and O–H groups in total. The van der Waals surface area contributed by atoms with Gasteiger partial charge in [-0.2, -0.15) is 0 Å². The average Bonchev–Trinajstić information content (AvgIpc) is 2.54. The van der Waals surface area contributed by atoms with E-state index in [2.05, 4.69) is 10.3 Å². The number of hydrogen-bond donors (Lipinski definition) is 3. The Morgan fingerprint density at radius 2 is 1.91 bits per heavy atom. The quantitative estimate of drug-likeness (QED) is 0.368. The van der Waals surface area contributed by atoms with Crippen LogP contribution in [-0.4, -0.2) is 38.7 Å². The molecule has 0 radical (unpaired) electrons.